The molecule has 0 spiro atoms. The highest BCUT2D eigenvalue weighted by Crippen LogP contribution is 2.30. The molecule has 26 heavy (non-hydrogen) atoms. The Labute approximate surface area is 162 Å². The van der Waals surface area contributed by atoms with Crippen LogP contribution in [0.2, 0.25) is 5.02 Å². The molecule has 2 N–H and O–H groups in total. The molecule has 1 aliphatic heterocycles. The first-order chi connectivity index (χ1) is 12.4. The number of benzene rings is 1. The Morgan fingerprint density at radius 2 is 2.08 bits per heavy atom. The molecule has 1 aromatic carbocycles. The number of nitrogens with two attached hydrogens (primary N) is 1. The fourth-order valence-electron chi connectivity index (χ4n) is 3.00. The first kappa shape index (κ1) is 18.9. The predicted molar refractivity (Wildman–Crippen MR) is 107 cm³/mol. The van der Waals surface area contributed by atoms with E-state index in [1.807, 2.05) is 25.4 Å². The number of rotatable bonds is 4. The first-order valence-corrected chi connectivity index (χ1v) is 9.77. The van der Waals surface area contributed by atoms with Crippen LogP contribution in [-0.4, -0.2) is 48.6 Å². The zero-order valence-corrected chi connectivity index (χ0v) is 16.5. The molecular formula is C18H23ClFN5S. The Morgan fingerprint density at radius 1 is 1.35 bits per heavy atom. The van der Waals surface area contributed by atoms with Crippen LogP contribution in [0.3, 0.4) is 0 Å². The number of aliphatic imine (C=N–C) groups is 1. The summed E-state index contributed by atoms with van der Waals surface area (Å²) >= 11 is 7.85. The molecule has 0 saturated carbocycles. The number of halogens is 2. The molecule has 2 heterocycles. The van der Waals surface area contributed by atoms with Crippen molar-refractivity contribution < 1.29 is 4.39 Å². The minimum atomic E-state index is -0.337. The number of guanidine groups is 1. The lowest BCUT2D eigenvalue weighted by molar-refractivity contribution is 0.378. The molecule has 5 nitrogen and oxygen atoms in total. The predicted octanol–water partition coefficient (Wildman–Crippen LogP) is 3.35. The number of piperazine rings is 1. The van der Waals surface area contributed by atoms with Crippen LogP contribution in [-0.2, 0) is 5.41 Å². The molecule has 0 unspecified atom stereocenters. The van der Waals surface area contributed by atoms with Gasteiger partial charge in [-0.3, -0.25) is 4.99 Å². The van der Waals surface area contributed by atoms with E-state index in [9.17, 15) is 4.39 Å². The maximum atomic E-state index is 13.3. The van der Waals surface area contributed by atoms with Crippen molar-refractivity contribution in [1.29, 1.82) is 0 Å². The Morgan fingerprint density at radius 3 is 2.69 bits per heavy atom. The molecule has 1 saturated heterocycles. The van der Waals surface area contributed by atoms with E-state index in [4.69, 9.17) is 17.3 Å². The third-order valence-corrected chi connectivity index (χ3v) is 5.74. The molecule has 0 aliphatic carbocycles. The molecule has 8 heteroatoms. The highest BCUT2D eigenvalue weighted by molar-refractivity contribution is 7.13. The van der Waals surface area contributed by atoms with Crippen LogP contribution < -0.4 is 10.6 Å². The van der Waals surface area contributed by atoms with Gasteiger partial charge >= 0.3 is 0 Å². The largest absolute Gasteiger partial charge is 0.370 e. The molecule has 3 rings (SSSR count). The third kappa shape index (κ3) is 4.27. The number of nitrogens with zero attached hydrogens (tertiary/aromatic N) is 4. The van der Waals surface area contributed by atoms with Crippen molar-refractivity contribution in [2.75, 3.05) is 37.6 Å². The maximum absolute atomic E-state index is 13.3. The molecule has 140 valence electrons. The third-order valence-electron chi connectivity index (χ3n) is 4.59. The monoisotopic (exact) mass is 395 g/mol. The lowest BCUT2D eigenvalue weighted by Crippen LogP contribution is -2.51. The van der Waals surface area contributed by atoms with Gasteiger partial charge in [0.25, 0.3) is 0 Å². The van der Waals surface area contributed by atoms with E-state index in [0.29, 0.717) is 17.5 Å². The van der Waals surface area contributed by atoms with Crippen LogP contribution in [0.1, 0.15) is 19.4 Å². The SMILES string of the molecule is CC(C)(CN=C(N)N1CCN(c2nccs2)CC1)c1ccc(F)cc1Cl. The molecule has 0 amide bonds. The molecule has 0 atom stereocenters. The van der Waals surface area contributed by atoms with Crippen LogP contribution >= 0.6 is 22.9 Å². The van der Waals surface area contributed by atoms with Crippen molar-refractivity contribution in [3.63, 3.8) is 0 Å². The molecule has 1 aromatic heterocycles. The molecule has 0 bridgehead atoms. The van der Waals surface area contributed by atoms with Crippen LogP contribution in [0.4, 0.5) is 9.52 Å². The fourth-order valence-corrected chi connectivity index (χ4v) is 4.12. The summed E-state index contributed by atoms with van der Waals surface area (Å²) in [4.78, 5) is 13.3. The Hall–Kier alpha value is -1.86. The van der Waals surface area contributed by atoms with Crippen molar-refractivity contribution in [1.82, 2.24) is 9.88 Å². The van der Waals surface area contributed by atoms with Gasteiger partial charge in [-0.1, -0.05) is 31.5 Å². The van der Waals surface area contributed by atoms with Crippen LogP contribution in [0.5, 0.6) is 0 Å². The fraction of sp³-hybridized carbons (Fsp3) is 0.444. The van der Waals surface area contributed by atoms with E-state index in [0.717, 1.165) is 36.9 Å². The first-order valence-electron chi connectivity index (χ1n) is 8.52. The van der Waals surface area contributed by atoms with Gasteiger partial charge in [0.2, 0.25) is 0 Å². The van der Waals surface area contributed by atoms with Crippen LogP contribution in [0.25, 0.3) is 0 Å². The lowest BCUT2D eigenvalue weighted by atomic mass is 9.84. The Balaban J connectivity index is 1.61. The lowest BCUT2D eigenvalue weighted by Gasteiger charge is -2.35. The zero-order valence-electron chi connectivity index (χ0n) is 15.0. The quantitative estimate of drug-likeness (QED) is 0.637. The molecule has 2 aromatic rings. The van der Waals surface area contributed by atoms with E-state index >= 15 is 0 Å². The van der Waals surface area contributed by atoms with Gasteiger partial charge in [-0.2, -0.15) is 0 Å². The van der Waals surface area contributed by atoms with Crippen molar-refractivity contribution >= 4 is 34.0 Å². The Bertz CT molecular complexity index is 770. The van der Waals surface area contributed by atoms with Gasteiger partial charge in [-0.15, -0.1) is 11.3 Å². The van der Waals surface area contributed by atoms with Gasteiger partial charge in [0.05, 0.1) is 6.54 Å². The van der Waals surface area contributed by atoms with Gasteiger partial charge in [-0.25, -0.2) is 9.37 Å². The van der Waals surface area contributed by atoms with E-state index in [1.54, 1.807) is 17.4 Å². The van der Waals surface area contributed by atoms with Gasteiger partial charge < -0.3 is 15.5 Å². The second kappa shape index (κ2) is 7.80. The highest BCUT2D eigenvalue weighted by Gasteiger charge is 2.25. The summed E-state index contributed by atoms with van der Waals surface area (Å²) in [5.74, 6) is 0.200. The number of anilines is 1. The standard InChI is InChI=1S/C18H23ClFN5S/c1-18(2,14-4-3-13(20)11-15(14)19)12-23-16(21)24-6-8-25(9-7-24)17-22-5-10-26-17/h3-5,10-11H,6-9,12H2,1-2H3,(H2,21,23). The van der Waals surface area contributed by atoms with Gasteiger partial charge in [0.15, 0.2) is 11.1 Å². The summed E-state index contributed by atoms with van der Waals surface area (Å²) in [5, 5.41) is 3.45. The Kier molecular flexibility index (Phi) is 5.67. The number of thiazole rings is 1. The second-order valence-electron chi connectivity index (χ2n) is 6.97. The minimum absolute atomic E-state index is 0.335. The molecular weight excluding hydrogens is 373 g/mol. The van der Waals surface area contributed by atoms with Crippen molar-refractivity contribution in [3.8, 4) is 0 Å². The number of aromatic nitrogens is 1. The van der Waals surface area contributed by atoms with Gasteiger partial charge in [-0.05, 0) is 17.7 Å². The van der Waals surface area contributed by atoms with E-state index in [1.165, 1.54) is 12.1 Å². The van der Waals surface area contributed by atoms with Crippen molar-refractivity contribution in [3.05, 3.63) is 46.2 Å². The molecule has 0 radical (unpaired) electrons. The normalized spacial score (nSPS) is 16.2. The molecule has 1 aliphatic rings. The highest BCUT2D eigenvalue weighted by atomic mass is 35.5. The van der Waals surface area contributed by atoms with Crippen LogP contribution in [0.15, 0.2) is 34.8 Å². The average Bonchev–Trinajstić information content (AvgIpc) is 3.14. The summed E-state index contributed by atoms with van der Waals surface area (Å²) in [6.07, 6.45) is 1.82. The van der Waals surface area contributed by atoms with E-state index in [-0.39, 0.29) is 11.2 Å². The minimum Gasteiger partial charge on any atom is -0.370 e. The van der Waals surface area contributed by atoms with Gasteiger partial charge in [0.1, 0.15) is 5.82 Å². The summed E-state index contributed by atoms with van der Waals surface area (Å²) in [6, 6.07) is 4.48. The second-order valence-corrected chi connectivity index (χ2v) is 8.25. The summed E-state index contributed by atoms with van der Waals surface area (Å²) in [6.45, 7) is 7.91. The van der Waals surface area contributed by atoms with E-state index in [2.05, 4.69) is 19.8 Å². The summed E-state index contributed by atoms with van der Waals surface area (Å²) in [5.41, 5.74) is 6.74. The smallest absolute Gasteiger partial charge is 0.191 e. The van der Waals surface area contributed by atoms with E-state index < -0.39 is 0 Å². The zero-order chi connectivity index (χ0) is 18.7. The number of hydrogen-bond donors (Lipinski definition) is 1. The average molecular weight is 396 g/mol. The topological polar surface area (TPSA) is 57.8 Å². The van der Waals surface area contributed by atoms with Crippen LogP contribution in [0, 0.1) is 5.82 Å². The number of hydrogen-bond acceptors (Lipinski definition) is 4. The molecule has 1 fully saturated rings. The summed E-state index contributed by atoms with van der Waals surface area (Å²) < 4.78 is 13.3. The maximum Gasteiger partial charge on any atom is 0.191 e. The van der Waals surface area contributed by atoms with Crippen molar-refractivity contribution in [2.24, 2.45) is 10.7 Å². The van der Waals surface area contributed by atoms with Gasteiger partial charge in [0, 0.05) is 48.2 Å². The van der Waals surface area contributed by atoms with Crippen molar-refractivity contribution in [2.45, 2.75) is 19.3 Å². The summed E-state index contributed by atoms with van der Waals surface area (Å²) in [7, 11) is 0.